The van der Waals surface area contributed by atoms with Gasteiger partial charge in [-0.15, -0.1) is 0 Å². The molecule has 100 valence electrons. The molecule has 19 heavy (non-hydrogen) atoms. The summed E-state index contributed by atoms with van der Waals surface area (Å²) in [6.07, 6.45) is 0. The number of halogens is 3. The molecule has 0 aliphatic carbocycles. The van der Waals surface area contributed by atoms with Gasteiger partial charge < -0.3 is 10.6 Å². The summed E-state index contributed by atoms with van der Waals surface area (Å²) in [4.78, 5) is 1.97. The first-order chi connectivity index (χ1) is 8.97. The van der Waals surface area contributed by atoms with Crippen molar-refractivity contribution in [3.63, 3.8) is 0 Å². The van der Waals surface area contributed by atoms with Gasteiger partial charge in [0.25, 0.3) is 0 Å². The Morgan fingerprint density at radius 3 is 2.16 bits per heavy atom. The third-order valence-corrected chi connectivity index (χ3v) is 3.45. The quantitative estimate of drug-likeness (QED) is 0.854. The Balaban J connectivity index is 2.19. The van der Waals surface area contributed by atoms with Crippen molar-refractivity contribution in [3.05, 3.63) is 57.8 Å². The molecule has 0 aliphatic heterocycles. The monoisotopic (exact) mass is 298 g/mol. The maximum atomic E-state index is 12.9. The summed E-state index contributed by atoms with van der Waals surface area (Å²) >= 11 is 12.0. The predicted octanol–water partition coefficient (Wildman–Crippen LogP) is 4.35. The molecule has 0 spiro atoms. The molecule has 0 saturated carbocycles. The van der Waals surface area contributed by atoms with E-state index in [2.05, 4.69) is 0 Å². The minimum Gasteiger partial charge on any atom is -0.396 e. The average Bonchev–Trinajstić information content (AvgIpc) is 2.36. The summed E-state index contributed by atoms with van der Waals surface area (Å²) < 4.78 is 12.9. The van der Waals surface area contributed by atoms with Crippen LogP contribution in [-0.4, -0.2) is 7.05 Å². The minimum atomic E-state index is -0.254. The molecule has 2 rings (SSSR count). The minimum absolute atomic E-state index is 0.254. The van der Waals surface area contributed by atoms with Crippen molar-refractivity contribution in [2.45, 2.75) is 6.54 Å². The highest BCUT2D eigenvalue weighted by Gasteiger charge is 2.07. The Labute approximate surface area is 121 Å². The van der Waals surface area contributed by atoms with E-state index >= 15 is 0 Å². The fourth-order valence-corrected chi connectivity index (χ4v) is 2.32. The van der Waals surface area contributed by atoms with Gasteiger partial charge in [0.1, 0.15) is 5.82 Å². The van der Waals surface area contributed by atoms with Crippen LogP contribution in [0, 0.1) is 5.82 Å². The Morgan fingerprint density at radius 1 is 1.11 bits per heavy atom. The molecule has 0 unspecified atom stereocenters. The fourth-order valence-electron chi connectivity index (χ4n) is 1.79. The average molecular weight is 299 g/mol. The summed E-state index contributed by atoms with van der Waals surface area (Å²) in [5.74, 6) is -0.254. The lowest BCUT2D eigenvalue weighted by Gasteiger charge is -2.20. The summed E-state index contributed by atoms with van der Waals surface area (Å²) in [7, 11) is 1.91. The number of nitrogens with zero attached hydrogens (tertiary/aromatic N) is 1. The first-order valence-electron chi connectivity index (χ1n) is 5.67. The standard InChI is InChI=1S/C14H13Cl2FN2/c1-19(11-4-2-10(17)3-5-11)8-9-6-12(15)14(18)13(16)7-9/h2-7H,8,18H2,1H3. The maximum absolute atomic E-state index is 12.9. The van der Waals surface area contributed by atoms with Crippen LogP contribution in [0.2, 0.25) is 10.0 Å². The molecule has 2 aromatic carbocycles. The summed E-state index contributed by atoms with van der Waals surface area (Å²) in [5, 5.41) is 0.880. The van der Waals surface area contributed by atoms with E-state index in [1.807, 2.05) is 11.9 Å². The molecule has 2 nitrogen and oxygen atoms in total. The largest absolute Gasteiger partial charge is 0.396 e. The molecule has 0 saturated heterocycles. The van der Waals surface area contributed by atoms with Gasteiger partial charge in [0.05, 0.1) is 15.7 Å². The molecule has 0 heterocycles. The molecule has 0 fully saturated rings. The van der Waals surface area contributed by atoms with Crippen LogP contribution in [-0.2, 0) is 6.54 Å². The Morgan fingerprint density at radius 2 is 1.63 bits per heavy atom. The third kappa shape index (κ3) is 3.31. The second kappa shape index (κ2) is 5.68. The second-order valence-electron chi connectivity index (χ2n) is 4.31. The van der Waals surface area contributed by atoms with E-state index in [9.17, 15) is 4.39 Å². The van der Waals surface area contributed by atoms with Gasteiger partial charge in [-0.1, -0.05) is 23.2 Å². The van der Waals surface area contributed by atoms with Gasteiger partial charge in [-0.2, -0.15) is 0 Å². The van der Waals surface area contributed by atoms with E-state index in [1.54, 1.807) is 24.3 Å². The molecule has 2 N–H and O–H groups in total. The van der Waals surface area contributed by atoms with Gasteiger partial charge in [0, 0.05) is 19.3 Å². The van der Waals surface area contributed by atoms with Crippen molar-refractivity contribution in [1.29, 1.82) is 0 Å². The first-order valence-corrected chi connectivity index (χ1v) is 6.43. The van der Waals surface area contributed by atoms with Crippen LogP contribution in [0.3, 0.4) is 0 Å². The van der Waals surface area contributed by atoms with Crippen molar-refractivity contribution in [3.8, 4) is 0 Å². The molecule has 0 aliphatic rings. The van der Waals surface area contributed by atoms with Crippen LogP contribution in [0.25, 0.3) is 0 Å². The van der Waals surface area contributed by atoms with Crippen LogP contribution in [0.15, 0.2) is 36.4 Å². The molecule has 0 radical (unpaired) electrons. The number of nitrogen functional groups attached to an aromatic ring is 1. The second-order valence-corrected chi connectivity index (χ2v) is 5.12. The molecular formula is C14H13Cl2FN2. The SMILES string of the molecule is CN(Cc1cc(Cl)c(N)c(Cl)c1)c1ccc(F)cc1. The van der Waals surface area contributed by atoms with Gasteiger partial charge in [-0.3, -0.25) is 0 Å². The van der Waals surface area contributed by atoms with E-state index in [0.29, 0.717) is 22.3 Å². The number of hydrogen-bond donors (Lipinski definition) is 1. The van der Waals surface area contributed by atoms with Crippen molar-refractivity contribution in [2.75, 3.05) is 17.7 Å². The molecule has 0 aromatic heterocycles. The number of benzene rings is 2. The molecule has 5 heteroatoms. The highest BCUT2D eigenvalue weighted by Crippen LogP contribution is 2.29. The van der Waals surface area contributed by atoms with E-state index in [1.165, 1.54) is 12.1 Å². The Bertz CT molecular complexity index is 561. The zero-order chi connectivity index (χ0) is 14.0. The van der Waals surface area contributed by atoms with Crippen LogP contribution >= 0.6 is 23.2 Å². The molecular weight excluding hydrogens is 286 g/mol. The van der Waals surface area contributed by atoms with Crippen LogP contribution < -0.4 is 10.6 Å². The Kier molecular flexibility index (Phi) is 4.17. The molecule has 0 atom stereocenters. The molecule has 0 amide bonds. The van der Waals surface area contributed by atoms with Gasteiger partial charge in [-0.05, 0) is 42.0 Å². The number of nitrogens with two attached hydrogens (primary N) is 1. The van der Waals surface area contributed by atoms with Crippen molar-refractivity contribution in [2.24, 2.45) is 0 Å². The zero-order valence-corrected chi connectivity index (χ0v) is 11.8. The van der Waals surface area contributed by atoms with Gasteiger partial charge in [-0.25, -0.2) is 4.39 Å². The van der Waals surface area contributed by atoms with Crippen LogP contribution in [0.4, 0.5) is 15.8 Å². The van der Waals surface area contributed by atoms with Crippen molar-refractivity contribution < 1.29 is 4.39 Å². The van der Waals surface area contributed by atoms with E-state index < -0.39 is 0 Å². The summed E-state index contributed by atoms with van der Waals surface area (Å²) in [6, 6.07) is 9.85. The predicted molar refractivity (Wildman–Crippen MR) is 79.4 cm³/mol. The lowest BCUT2D eigenvalue weighted by molar-refractivity contribution is 0.627. The van der Waals surface area contributed by atoms with E-state index in [0.717, 1.165) is 11.3 Å². The zero-order valence-electron chi connectivity index (χ0n) is 10.3. The lowest BCUT2D eigenvalue weighted by Crippen LogP contribution is -2.16. The first kappa shape index (κ1) is 14.0. The normalized spacial score (nSPS) is 10.5. The number of rotatable bonds is 3. The van der Waals surface area contributed by atoms with E-state index in [-0.39, 0.29) is 5.82 Å². The van der Waals surface area contributed by atoms with Crippen LogP contribution in [0.5, 0.6) is 0 Å². The summed E-state index contributed by atoms with van der Waals surface area (Å²) in [5.41, 5.74) is 7.92. The van der Waals surface area contributed by atoms with E-state index in [4.69, 9.17) is 28.9 Å². The maximum Gasteiger partial charge on any atom is 0.123 e. The fraction of sp³-hybridized carbons (Fsp3) is 0.143. The highest BCUT2D eigenvalue weighted by molar-refractivity contribution is 6.38. The van der Waals surface area contributed by atoms with Crippen molar-refractivity contribution >= 4 is 34.6 Å². The lowest BCUT2D eigenvalue weighted by atomic mass is 10.2. The van der Waals surface area contributed by atoms with Crippen molar-refractivity contribution in [1.82, 2.24) is 0 Å². The number of hydrogen-bond acceptors (Lipinski definition) is 2. The van der Waals surface area contributed by atoms with Gasteiger partial charge in [0.2, 0.25) is 0 Å². The number of anilines is 2. The topological polar surface area (TPSA) is 29.3 Å². The molecule has 2 aromatic rings. The van der Waals surface area contributed by atoms with Crippen LogP contribution in [0.1, 0.15) is 5.56 Å². The summed E-state index contributed by atoms with van der Waals surface area (Å²) in [6.45, 7) is 0.603. The third-order valence-electron chi connectivity index (χ3n) is 2.83. The molecule has 0 bridgehead atoms. The highest BCUT2D eigenvalue weighted by atomic mass is 35.5. The van der Waals surface area contributed by atoms with Gasteiger partial charge in [0.15, 0.2) is 0 Å². The Hall–Kier alpha value is -1.45. The van der Waals surface area contributed by atoms with Gasteiger partial charge >= 0.3 is 0 Å². The smallest absolute Gasteiger partial charge is 0.123 e.